The molecule has 0 aliphatic rings. The minimum atomic E-state index is -0.885. The maximum absolute atomic E-state index is 10.9. The van der Waals surface area contributed by atoms with E-state index in [9.17, 15) is 9.59 Å². The molecule has 5 nitrogen and oxygen atoms in total. The number of carboxylic acid groups (broad SMARTS) is 1. The van der Waals surface area contributed by atoms with Crippen molar-refractivity contribution in [3.63, 3.8) is 0 Å². The van der Waals surface area contributed by atoms with Crippen molar-refractivity contribution in [2.75, 3.05) is 0 Å². The number of hydrogen-bond acceptors (Lipinski definition) is 3. The number of aliphatic carboxylic acids is 1. The molecule has 1 atom stereocenters. The van der Waals surface area contributed by atoms with Crippen LogP contribution in [0, 0.1) is 12.8 Å². The summed E-state index contributed by atoms with van der Waals surface area (Å²) in [6.07, 6.45) is 0.278. The van der Waals surface area contributed by atoms with Crippen molar-refractivity contribution in [2.24, 2.45) is 5.92 Å². The molecule has 0 spiro atoms. The van der Waals surface area contributed by atoms with Gasteiger partial charge in [-0.15, -0.1) is 0 Å². The zero-order chi connectivity index (χ0) is 10.7. The number of aryl methyl sites for hydroxylation is 1. The van der Waals surface area contributed by atoms with Crippen LogP contribution in [0.3, 0.4) is 0 Å². The molecule has 0 aliphatic heterocycles. The molecule has 0 bridgehead atoms. The fourth-order valence-electron chi connectivity index (χ4n) is 1.15. The normalized spacial score (nSPS) is 12.4. The molecule has 0 saturated heterocycles. The van der Waals surface area contributed by atoms with E-state index in [1.807, 2.05) is 0 Å². The van der Waals surface area contributed by atoms with Gasteiger partial charge in [0, 0.05) is 17.8 Å². The van der Waals surface area contributed by atoms with Gasteiger partial charge in [0.1, 0.15) is 0 Å². The van der Waals surface area contributed by atoms with Crippen molar-refractivity contribution in [2.45, 2.75) is 20.3 Å². The van der Waals surface area contributed by atoms with Crippen LogP contribution in [0.15, 0.2) is 10.9 Å². The van der Waals surface area contributed by atoms with Crippen LogP contribution in [0.1, 0.15) is 18.3 Å². The molecule has 1 rings (SSSR count). The Labute approximate surface area is 80.8 Å². The van der Waals surface area contributed by atoms with Gasteiger partial charge in [0.2, 0.25) is 0 Å². The summed E-state index contributed by atoms with van der Waals surface area (Å²) in [5.41, 5.74) is 0.774. The van der Waals surface area contributed by atoms with E-state index in [1.165, 1.54) is 0 Å². The Morgan fingerprint density at radius 3 is 2.86 bits per heavy atom. The topological polar surface area (TPSA) is 83.0 Å². The Balaban J connectivity index is 2.87. The lowest BCUT2D eigenvalue weighted by Gasteiger charge is -2.04. The van der Waals surface area contributed by atoms with Crippen molar-refractivity contribution >= 4 is 5.97 Å². The fourth-order valence-corrected chi connectivity index (χ4v) is 1.15. The molecule has 0 amide bonds. The maximum Gasteiger partial charge on any atom is 0.345 e. The Kier molecular flexibility index (Phi) is 3.01. The first-order chi connectivity index (χ1) is 6.49. The predicted molar refractivity (Wildman–Crippen MR) is 50.1 cm³/mol. The summed E-state index contributed by atoms with van der Waals surface area (Å²) in [6.45, 7) is 3.32. The van der Waals surface area contributed by atoms with E-state index in [-0.39, 0.29) is 6.42 Å². The number of carboxylic acids is 1. The van der Waals surface area contributed by atoms with Crippen molar-refractivity contribution in [1.82, 2.24) is 9.97 Å². The molecule has 0 fully saturated rings. The summed E-state index contributed by atoms with van der Waals surface area (Å²) in [6, 6.07) is 1.68. The van der Waals surface area contributed by atoms with Crippen molar-refractivity contribution in [3.8, 4) is 0 Å². The Morgan fingerprint density at radius 2 is 2.36 bits per heavy atom. The van der Waals surface area contributed by atoms with Crippen LogP contribution in [0.25, 0.3) is 0 Å². The number of nitrogens with one attached hydrogen (secondary N) is 1. The van der Waals surface area contributed by atoms with Gasteiger partial charge in [0.25, 0.3) is 0 Å². The van der Waals surface area contributed by atoms with Crippen molar-refractivity contribution in [3.05, 3.63) is 27.9 Å². The molecule has 1 unspecified atom stereocenters. The van der Waals surface area contributed by atoms with Crippen LogP contribution in [0.4, 0.5) is 0 Å². The van der Waals surface area contributed by atoms with Crippen LogP contribution >= 0.6 is 0 Å². The molecular formula is C9H12N2O3. The molecule has 1 aromatic rings. The van der Waals surface area contributed by atoms with E-state index in [0.717, 1.165) is 0 Å². The Morgan fingerprint density at radius 1 is 1.71 bits per heavy atom. The van der Waals surface area contributed by atoms with Crippen LogP contribution < -0.4 is 5.69 Å². The van der Waals surface area contributed by atoms with E-state index in [2.05, 4.69) is 9.97 Å². The second-order valence-electron chi connectivity index (χ2n) is 3.30. The van der Waals surface area contributed by atoms with E-state index in [4.69, 9.17) is 5.11 Å². The van der Waals surface area contributed by atoms with Crippen LogP contribution in [0.2, 0.25) is 0 Å². The monoisotopic (exact) mass is 196 g/mol. The predicted octanol–water partition coefficient (Wildman–Crippen LogP) is 0.342. The van der Waals surface area contributed by atoms with E-state index < -0.39 is 17.6 Å². The Hall–Kier alpha value is -1.65. The highest BCUT2D eigenvalue weighted by molar-refractivity contribution is 5.69. The first-order valence-corrected chi connectivity index (χ1v) is 4.28. The zero-order valence-corrected chi connectivity index (χ0v) is 8.07. The molecule has 0 saturated carbocycles. The highest BCUT2D eigenvalue weighted by Gasteiger charge is 2.12. The van der Waals surface area contributed by atoms with Gasteiger partial charge in [-0.1, -0.05) is 6.92 Å². The molecule has 0 radical (unpaired) electrons. The smallest absolute Gasteiger partial charge is 0.345 e. The van der Waals surface area contributed by atoms with Gasteiger partial charge in [0.15, 0.2) is 0 Å². The van der Waals surface area contributed by atoms with E-state index >= 15 is 0 Å². The average molecular weight is 196 g/mol. The molecule has 0 aliphatic carbocycles. The summed E-state index contributed by atoms with van der Waals surface area (Å²) >= 11 is 0. The van der Waals surface area contributed by atoms with Gasteiger partial charge in [-0.25, -0.2) is 4.79 Å². The summed E-state index contributed by atoms with van der Waals surface area (Å²) in [7, 11) is 0. The van der Waals surface area contributed by atoms with E-state index in [0.29, 0.717) is 11.4 Å². The minimum absolute atomic E-state index is 0.278. The van der Waals surface area contributed by atoms with Crippen LogP contribution in [-0.4, -0.2) is 21.0 Å². The van der Waals surface area contributed by atoms with Gasteiger partial charge in [-0.3, -0.25) is 4.79 Å². The third-order valence-electron chi connectivity index (χ3n) is 1.87. The molecule has 14 heavy (non-hydrogen) atoms. The largest absolute Gasteiger partial charge is 0.481 e. The standard InChI is InChI=1S/C9H12N2O3/c1-5(8(12)13)3-7-4-6(2)10-9(14)11-7/h4-5H,3H2,1-2H3,(H,12,13)(H,10,11,14). The lowest BCUT2D eigenvalue weighted by Crippen LogP contribution is -2.18. The maximum atomic E-state index is 10.9. The van der Waals surface area contributed by atoms with Crippen LogP contribution in [0.5, 0.6) is 0 Å². The highest BCUT2D eigenvalue weighted by atomic mass is 16.4. The number of aromatic amines is 1. The first-order valence-electron chi connectivity index (χ1n) is 4.28. The summed E-state index contributed by atoms with van der Waals surface area (Å²) in [5.74, 6) is -1.41. The van der Waals surface area contributed by atoms with Gasteiger partial charge in [-0.2, -0.15) is 4.98 Å². The Bertz CT molecular complexity index is 397. The lowest BCUT2D eigenvalue weighted by molar-refractivity contribution is -0.141. The summed E-state index contributed by atoms with van der Waals surface area (Å²) in [5, 5.41) is 8.67. The third kappa shape index (κ3) is 2.69. The average Bonchev–Trinajstić information content (AvgIpc) is 2.01. The third-order valence-corrected chi connectivity index (χ3v) is 1.87. The first kappa shape index (κ1) is 10.4. The molecule has 2 N–H and O–H groups in total. The van der Waals surface area contributed by atoms with Gasteiger partial charge < -0.3 is 10.1 Å². The molecule has 76 valence electrons. The second-order valence-corrected chi connectivity index (χ2v) is 3.30. The van der Waals surface area contributed by atoms with Crippen LogP contribution in [-0.2, 0) is 11.2 Å². The summed E-state index contributed by atoms with van der Waals surface area (Å²) < 4.78 is 0. The highest BCUT2D eigenvalue weighted by Crippen LogP contribution is 2.05. The summed E-state index contributed by atoms with van der Waals surface area (Å²) in [4.78, 5) is 27.7. The molecule has 5 heteroatoms. The van der Waals surface area contributed by atoms with E-state index in [1.54, 1.807) is 19.9 Å². The number of carbonyl (C=O) groups is 1. The molecular weight excluding hydrogens is 184 g/mol. The van der Waals surface area contributed by atoms with Crippen molar-refractivity contribution < 1.29 is 9.90 Å². The minimum Gasteiger partial charge on any atom is -0.481 e. The zero-order valence-electron chi connectivity index (χ0n) is 8.07. The number of aromatic nitrogens is 2. The number of nitrogens with zero attached hydrogens (tertiary/aromatic N) is 1. The quantitative estimate of drug-likeness (QED) is 0.730. The lowest BCUT2D eigenvalue weighted by atomic mass is 10.1. The SMILES string of the molecule is Cc1cc(CC(C)C(=O)O)nc(=O)[nH]1. The molecule has 0 aromatic carbocycles. The number of hydrogen-bond donors (Lipinski definition) is 2. The number of H-pyrrole nitrogens is 1. The van der Waals surface area contributed by atoms with Gasteiger partial charge in [-0.05, 0) is 13.0 Å². The molecule has 1 aromatic heterocycles. The number of rotatable bonds is 3. The van der Waals surface area contributed by atoms with Gasteiger partial charge in [0.05, 0.1) is 5.92 Å². The molecule has 1 heterocycles. The fraction of sp³-hybridized carbons (Fsp3) is 0.444. The second kappa shape index (κ2) is 4.04. The van der Waals surface area contributed by atoms with Gasteiger partial charge >= 0.3 is 11.7 Å². The van der Waals surface area contributed by atoms with Crippen molar-refractivity contribution in [1.29, 1.82) is 0 Å².